The number of nitrogens with zero attached hydrogens (tertiary/aromatic N) is 4. The topological polar surface area (TPSA) is 86.4 Å². The summed E-state index contributed by atoms with van der Waals surface area (Å²) in [5.41, 5.74) is -1.44. The van der Waals surface area contributed by atoms with Crippen molar-refractivity contribution < 1.29 is 22.7 Å². The molecule has 0 aliphatic carbocycles. The van der Waals surface area contributed by atoms with Crippen molar-refractivity contribution in [1.29, 1.82) is 0 Å². The minimum absolute atomic E-state index is 0.102. The van der Waals surface area contributed by atoms with Crippen LogP contribution < -0.4 is 16.0 Å². The van der Waals surface area contributed by atoms with Crippen molar-refractivity contribution >= 4 is 27.5 Å². The van der Waals surface area contributed by atoms with Gasteiger partial charge in [-0.1, -0.05) is 11.6 Å². The van der Waals surface area contributed by atoms with Crippen LogP contribution in [0.4, 0.5) is 13.2 Å². The minimum atomic E-state index is -4.85. The Bertz CT molecular complexity index is 1630. The lowest BCUT2D eigenvalue weighted by Gasteiger charge is -2.19. The van der Waals surface area contributed by atoms with Gasteiger partial charge >= 0.3 is 11.9 Å². The fourth-order valence-electron chi connectivity index (χ4n) is 4.16. The number of fused-ring (bicyclic) bond motifs is 1. The number of ether oxygens (including phenoxy) is 1. The summed E-state index contributed by atoms with van der Waals surface area (Å²) in [6.45, 7) is 6.60. The standard InChI is InChI=1S/C26H25F3N4O4S/c1-5-32(6-2)23(35)14-37-19-9-7-15(3)11-17(19)24-18-12-16(8-10-20(18)38-30-24)33-22(34)13-21(26(27,28)29)31(4)25(33)36/h7-13H,5-6,14H2,1-4H3. The van der Waals surface area contributed by atoms with Crippen LogP contribution in [-0.4, -0.2) is 44.0 Å². The highest BCUT2D eigenvalue weighted by Gasteiger charge is 2.35. The predicted molar refractivity (Wildman–Crippen MR) is 139 cm³/mol. The van der Waals surface area contributed by atoms with Crippen LogP contribution >= 0.6 is 11.5 Å². The maximum atomic E-state index is 13.3. The number of hydrogen-bond acceptors (Lipinski definition) is 6. The highest BCUT2D eigenvalue weighted by Crippen LogP contribution is 2.37. The number of likely N-dealkylation sites (N-methyl/N-ethyl adjacent to an activating group) is 1. The van der Waals surface area contributed by atoms with E-state index in [4.69, 9.17) is 4.74 Å². The Balaban J connectivity index is 1.81. The lowest BCUT2D eigenvalue weighted by atomic mass is 10.0. The molecule has 0 saturated heterocycles. The molecule has 2 aromatic carbocycles. The Hall–Kier alpha value is -3.93. The second kappa shape index (κ2) is 10.4. The van der Waals surface area contributed by atoms with Gasteiger partial charge in [0.05, 0.1) is 16.1 Å². The maximum absolute atomic E-state index is 13.3. The molecule has 4 rings (SSSR count). The number of amides is 1. The quantitative estimate of drug-likeness (QED) is 0.343. The maximum Gasteiger partial charge on any atom is 0.431 e. The Morgan fingerprint density at radius 3 is 2.45 bits per heavy atom. The van der Waals surface area contributed by atoms with E-state index in [1.807, 2.05) is 32.9 Å². The van der Waals surface area contributed by atoms with E-state index < -0.39 is 23.1 Å². The van der Waals surface area contributed by atoms with E-state index in [-0.39, 0.29) is 18.2 Å². The third-order valence-electron chi connectivity index (χ3n) is 6.18. The molecule has 0 unspecified atom stereocenters. The van der Waals surface area contributed by atoms with E-state index in [1.165, 1.54) is 23.7 Å². The number of benzene rings is 2. The summed E-state index contributed by atoms with van der Waals surface area (Å²) in [5.74, 6) is 0.265. The fourth-order valence-corrected chi connectivity index (χ4v) is 4.93. The first-order valence-electron chi connectivity index (χ1n) is 11.8. The number of carbonyl (C=O) groups excluding carboxylic acids is 1. The van der Waals surface area contributed by atoms with Gasteiger partial charge in [-0.2, -0.15) is 17.5 Å². The number of alkyl halides is 3. The van der Waals surface area contributed by atoms with Gasteiger partial charge < -0.3 is 9.64 Å². The zero-order valence-corrected chi connectivity index (χ0v) is 21.9. The summed E-state index contributed by atoms with van der Waals surface area (Å²) < 4.78 is 52.1. The van der Waals surface area contributed by atoms with Gasteiger partial charge in [-0.3, -0.25) is 14.2 Å². The van der Waals surface area contributed by atoms with Gasteiger partial charge in [-0.25, -0.2) is 9.36 Å². The van der Waals surface area contributed by atoms with Gasteiger partial charge in [-0.05, 0) is 62.6 Å². The number of aromatic nitrogens is 3. The predicted octanol–water partition coefficient (Wildman–Crippen LogP) is 4.39. The number of hydrogen-bond donors (Lipinski definition) is 0. The molecule has 0 N–H and O–H groups in total. The van der Waals surface area contributed by atoms with Gasteiger partial charge in [0.15, 0.2) is 6.61 Å². The molecule has 1 amide bonds. The SMILES string of the molecule is CCN(CC)C(=O)COc1ccc(C)cc1-c1nsc2ccc(-n3c(=O)cc(C(F)(F)F)n(C)c3=O)cc12. The molecule has 0 aliphatic heterocycles. The van der Waals surface area contributed by atoms with Crippen LogP contribution in [0.1, 0.15) is 25.1 Å². The summed E-state index contributed by atoms with van der Waals surface area (Å²) in [6, 6.07) is 10.5. The summed E-state index contributed by atoms with van der Waals surface area (Å²) in [6.07, 6.45) is -4.85. The van der Waals surface area contributed by atoms with Crippen molar-refractivity contribution in [3.05, 3.63) is 74.6 Å². The summed E-state index contributed by atoms with van der Waals surface area (Å²) >= 11 is 1.18. The Morgan fingerprint density at radius 2 is 1.79 bits per heavy atom. The van der Waals surface area contributed by atoms with Crippen LogP contribution in [0.5, 0.6) is 5.75 Å². The van der Waals surface area contributed by atoms with E-state index in [2.05, 4.69) is 4.37 Å². The molecule has 0 aliphatic rings. The highest BCUT2D eigenvalue weighted by atomic mass is 32.1. The molecule has 0 atom stereocenters. The Morgan fingerprint density at radius 1 is 1.08 bits per heavy atom. The third kappa shape index (κ3) is 5.08. The largest absolute Gasteiger partial charge is 0.483 e. The molecule has 200 valence electrons. The van der Waals surface area contributed by atoms with Gasteiger partial charge in [0, 0.05) is 37.2 Å². The van der Waals surface area contributed by atoms with Gasteiger partial charge in [0.2, 0.25) is 0 Å². The summed E-state index contributed by atoms with van der Waals surface area (Å²) in [4.78, 5) is 39.6. The molecule has 0 bridgehead atoms. The molecule has 0 spiro atoms. The second-order valence-electron chi connectivity index (χ2n) is 8.61. The van der Waals surface area contributed by atoms with Gasteiger partial charge in [-0.15, -0.1) is 0 Å². The van der Waals surface area contributed by atoms with E-state index in [9.17, 15) is 27.6 Å². The molecule has 2 heterocycles. The monoisotopic (exact) mass is 546 g/mol. The first-order chi connectivity index (χ1) is 18.0. The number of halogens is 3. The number of rotatable bonds is 7. The number of carbonyl (C=O) groups is 1. The molecular formula is C26H25F3N4O4S. The Labute approximate surface area is 219 Å². The van der Waals surface area contributed by atoms with Crippen molar-refractivity contribution in [2.45, 2.75) is 26.9 Å². The normalized spacial score (nSPS) is 11.7. The van der Waals surface area contributed by atoms with Crippen molar-refractivity contribution in [2.24, 2.45) is 7.05 Å². The van der Waals surface area contributed by atoms with Gasteiger partial charge in [0.25, 0.3) is 11.5 Å². The molecule has 0 saturated carbocycles. The fraction of sp³-hybridized carbons (Fsp3) is 0.308. The van der Waals surface area contributed by atoms with Crippen LogP contribution in [0.3, 0.4) is 0 Å². The van der Waals surface area contributed by atoms with Gasteiger partial charge in [0.1, 0.15) is 11.4 Å². The second-order valence-corrected chi connectivity index (χ2v) is 9.41. The van der Waals surface area contributed by atoms with Crippen molar-refractivity contribution in [3.63, 3.8) is 0 Å². The van der Waals surface area contributed by atoms with Crippen molar-refractivity contribution in [3.8, 4) is 22.7 Å². The van der Waals surface area contributed by atoms with Crippen molar-refractivity contribution in [1.82, 2.24) is 18.4 Å². The molecular weight excluding hydrogens is 521 g/mol. The molecule has 2 aromatic heterocycles. The van der Waals surface area contributed by atoms with E-state index in [0.717, 1.165) is 17.3 Å². The molecule has 8 nitrogen and oxygen atoms in total. The molecule has 4 aromatic rings. The molecule has 12 heteroatoms. The third-order valence-corrected chi connectivity index (χ3v) is 7.01. The molecule has 0 radical (unpaired) electrons. The Kier molecular flexibility index (Phi) is 7.45. The zero-order chi connectivity index (χ0) is 27.8. The van der Waals surface area contributed by atoms with Crippen LogP contribution in [-0.2, 0) is 18.0 Å². The highest BCUT2D eigenvalue weighted by molar-refractivity contribution is 7.13. The molecule has 0 fully saturated rings. The zero-order valence-electron chi connectivity index (χ0n) is 21.1. The number of aryl methyl sites for hydroxylation is 1. The van der Waals surface area contributed by atoms with Crippen LogP contribution in [0.15, 0.2) is 52.1 Å². The average molecular weight is 547 g/mol. The first kappa shape index (κ1) is 27.1. The first-order valence-corrected chi connectivity index (χ1v) is 12.5. The van der Waals surface area contributed by atoms with E-state index in [1.54, 1.807) is 17.0 Å². The lowest BCUT2D eigenvalue weighted by molar-refractivity contribution is -0.144. The smallest absolute Gasteiger partial charge is 0.431 e. The summed E-state index contributed by atoms with van der Waals surface area (Å²) in [7, 11) is 0.965. The van der Waals surface area contributed by atoms with Crippen LogP contribution in [0.25, 0.3) is 27.0 Å². The summed E-state index contributed by atoms with van der Waals surface area (Å²) in [5, 5.41) is 0.576. The minimum Gasteiger partial charge on any atom is -0.483 e. The lowest BCUT2D eigenvalue weighted by Crippen LogP contribution is -2.40. The molecule has 38 heavy (non-hydrogen) atoms. The van der Waals surface area contributed by atoms with Crippen LogP contribution in [0, 0.1) is 6.92 Å². The van der Waals surface area contributed by atoms with E-state index >= 15 is 0 Å². The van der Waals surface area contributed by atoms with Crippen LogP contribution in [0.2, 0.25) is 0 Å². The van der Waals surface area contributed by atoms with Crippen molar-refractivity contribution in [2.75, 3.05) is 19.7 Å². The average Bonchev–Trinajstić information content (AvgIpc) is 3.29. The van der Waals surface area contributed by atoms with E-state index in [0.29, 0.717) is 50.7 Å².